The lowest BCUT2D eigenvalue weighted by Crippen LogP contribution is -2.14. The quantitative estimate of drug-likeness (QED) is 0.634. The molecule has 0 atom stereocenters. The van der Waals surface area contributed by atoms with Crippen LogP contribution in [0.15, 0.2) is 40.4 Å². The molecule has 0 aliphatic carbocycles. The van der Waals surface area contributed by atoms with Gasteiger partial charge in [-0.3, -0.25) is 4.79 Å². The lowest BCUT2D eigenvalue weighted by atomic mass is 10.2. The Labute approximate surface area is 125 Å². The van der Waals surface area contributed by atoms with E-state index in [0.29, 0.717) is 21.5 Å². The largest absolute Gasteiger partial charge is 0.325 e. The zero-order valence-corrected chi connectivity index (χ0v) is 12.7. The van der Waals surface area contributed by atoms with Gasteiger partial charge in [-0.1, -0.05) is 29.4 Å². The Morgan fingerprint density at radius 2 is 2.15 bits per heavy atom. The standard InChI is InChI=1S/C14H14ClFN2OS/c1-9(2)18-7-6-13(19)17-14(18)20-8-10-11(15)4-3-5-12(10)16/h3-7,9H,8H2,1-2H3. The zero-order chi connectivity index (χ0) is 14.7. The van der Waals surface area contributed by atoms with Crippen molar-refractivity contribution in [1.29, 1.82) is 0 Å². The molecule has 0 N–H and O–H groups in total. The zero-order valence-electron chi connectivity index (χ0n) is 11.1. The van der Waals surface area contributed by atoms with Gasteiger partial charge in [-0.15, -0.1) is 0 Å². The molecule has 0 unspecified atom stereocenters. The third kappa shape index (κ3) is 3.41. The molecule has 2 rings (SSSR count). The molecule has 1 aromatic carbocycles. The molecule has 3 nitrogen and oxygen atoms in total. The van der Waals surface area contributed by atoms with Crippen LogP contribution in [0.2, 0.25) is 5.02 Å². The van der Waals surface area contributed by atoms with Crippen LogP contribution >= 0.6 is 23.4 Å². The Kier molecular flexibility index (Phi) is 4.83. The summed E-state index contributed by atoms with van der Waals surface area (Å²) in [5.74, 6) is -0.0197. The van der Waals surface area contributed by atoms with Crippen molar-refractivity contribution in [3.63, 3.8) is 0 Å². The van der Waals surface area contributed by atoms with Crippen LogP contribution in [0.4, 0.5) is 4.39 Å². The van der Waals surface area contributed by atoms with E-state index in [0.717, 1.165) is 0 Å². The maximum Gasteiger partial charge on any atom is 0.273 e. The molecule has 106 valence electrons. The Bertz CT molecular complexity index is 652. The molecule has 0 amide bonds. The smallest absolute Gasteiger partial charge is 0.273 e. The number of benzene rings is 1. The van der Waals surface area contributed by atoms with Gasteiger partial charge in [-0.2, -0.15) is 4.98 Å². The highest BCUT2D eigenvalue weighted by Crippen LogP contribution is 2.28. The second-order valence-electron chi connectivity index (χ2n) is 4.54. The van der Waals surface area contributed by atoms with E-state index in [-0.39, 0.29) is 17.4 Å². The Morgan fingerprint density at radius 3 is 2.80 bits per heavy atom. The predicted octanol–water partition coefficient (Wildman–Crippen LogP) is 3.91. The third-order valence-corrected chi connectivity index (χ3v) is 4.12. The maximum atomic E-state index is 13.7. The van der Waals surface area contributed by atoms with Crippen LogP contribution in [0.1, 0.15) is 25.5 Å². The summed E-state index contributed by atoms with van der Waals surface area (Å²) in [6.45, 7) is 3.98. The summed E-state index contributed by atoms with van der Waals surface area (Å²) in [6, 6.07) is 6.17. The van der Waals surface area contributed by atoms with Crippen molar-refractivity contribution in [3.8, 4) is 0 Å². The number of halogens is 2. The SMILES string of the molecule is CC(C)n1ccc(=O)nc1SCc1c(F)cccc1Cl. The summed E-state index contributed by atoms with van der Waals surface area (Å²) >= 11 is 7.29. The summed E-state index contributed by atoms with van der Waals surface area (Å²) in [5.41, 5.74) is 0.122. The van der Waals surface area contributed by atoms with Crippen molar-refractivity contribution in [3.05, 3.63) is 57.2 Å². The fourth-order valence-corrected chi connectivity index (χ4v) is 3.16. The van der Waals surface area contributed by atoms with Crippen molar-refractivity contribution in [2.75, 3.05) is 0 Å². The lowest BCUT2D eigenvalue weighted by Gasteiger charge is -2.15. The molecule has 2 aromatic rings. The normalized spacial score (nSPS) is 11.1. The van der Waals surface area contributed by atoms with Crippen LogP contribution in [0.5, 0.6) is 0 Å². The molecular weight excluding hydrogens is 299 g/mol. The molecule has 0 aliphatic rings. The highest BCUT2D eigenvalue weighted by atomic mass is 35.5. The molecule has 0 spiro atoms. The van der Waals surface area contributed by atoms with Crippen molar-refractivity contribution in [2.45, 2.75) is 30.8 Å². The van der Waals surface area contributed by atoms with Crippen LogP contribution < -0.4 is 5.56 Å². The Hall–Kier alpha value is -1.33. The number of aromatic nitrogens is 2. The second kappa shape index (κ2) is 6.41. The monoisotopic (exact) mass is 312 g/mol. The van der Waals surface area contributed by atoms with Gasteiger partial charge < -0.3 is 4.57 Å². The summed E-state index contributed by atoms with van der Waals surface area (Å²) < 4.78 is 15.6. The first-order valence-corrected chi connectivity index (χ1v) is 7.50. The lowest BCUT2D eigenvalue weighted by molar-refractivity contribution is 0.526. The fraction of sp³-hybridized carbons (Fsp3) is 0.286. The number of hydrogen-bond donors (Lipinski definition) is 0. The van der Waals surface area contributed by atoms with Crippen LogP contribution in [0, 0.1) is 5.82 Å². The first kappa shape index (κ1) is 15.1. The van der Waals surface area contributed by atoms with E-state index in [1.54, 1.807) is 18.3 Å². The highest BCUT2D eigenvalue weighted by molar-refractivity contribution is 7.98. The molecule has 1 heterocycles. The molecular formula is C14H14ClFN2OS. The number of nitrogens with zero attached hydrogens (tertiary/aromatic N) is 2. The molecule has 0 radical (unpaired) electrons. The average Bonchev–Trinajstić information content (AvgIpc) is 2.37. The highest BCUT2D eigenvalue weighted by Gasteiger charge is 2.11. The van der Waals surface area contributed by atoms with Gasteiger partial charge in [0, 0.05) is 34.6 Å². The molecule has 6 heteroatoms. The van der Waals surface area contributed by atoms with E-state index >= 15 is 0 Å². The minimum atomic E-state index is -0.348. The molecule has 20 heavy (non-hydrogen) atoms. The molecule has 1 aromatic heterocycles. The summed E-state index contributed by atoms with van der Waals surface area (Å²) in [7, 11) is 0. The van der Waals surface area contributed by atoms with E-state index in [9.17, 15) is 9.18 Å². The number of rotatable bonds is 4. The van der Waals surface area contributed by atoms with Crippen LogP contribution in [-0.2, 0) is 5.75 Å². The van der Waals surface area contributed by atoms with Crippen molar-refractivity contribution in [2.24, 2.45) is 0 Å². The van der Waals surface area contributed by atoms with E-state index < -0.39 is 0 Å². The maximum absolute atomic E-state index is 13.7. The molecule has 0 fully saturated rings. The molecule has 0 bridgehead atoms. The van der Waals surface area contributed by atoms with Gasteiger partial charge in [0.2, 0.25) is 0 Å². The number of thioether (sulfide) groups is 1. The summed E-state index contributed by atoms with van der Waals surface area (Å²) in [4.78, 5) is 15.3. The first-order valence-electron chi connectivity index (χ1n) is 6.14. The molecule has 0 saturated heterocycles. The minimum absolute atomic E-state index is 0.168. The Morgan fingerprint density at radius 1 is 1.40 bits per heavy atom. The van der Waals surface area contributed by atoms with Crippen molar-refractivity contribution < 1.29 is 4.39 Å². The van der Waals surface area contributed by atoms with Crippen LogP contribution in [0.25, 0.3) is 0 Å². The fourth-order valence-electron chi connectivity index (χ4n) is 1.70. The van der Waals surface area contributed by atoms with Gasteiger partial charge in [0.1, 0.15) is 5.82 Å². The molecule has 0 aliphatic heterocycles. The third-order valence-electron chi connectivity index (χ3n) is 2.77. The second-order valence-corrected chi connectivity index (χ2v) is 5.89. The van der Waals surface area contributed by atoms with Crippen molar-refractivity contribution >= 4 is 23.4 Å². The summed E-state index contributed by atoms with van der Waals surface area (Å²) in [5, 5.41) is 0.943. The minimum Gasteiger partial charge on any atom is -0.325 e. The average molecular weight is 313 g/mol. The first-order chi connectivity index (χ1) is 9.49. The number of hydrogen-bond acceptors (Lipinski definition) is 3. The van der Waals surface area contributed by atoms with Gasteiger partial charge in [0.05, 0.1) is 0 Å². The van der Waals surface area contributed by atoms with E-state index in [4.69, 9.17) is 11.6 Å². The van der Waals surface area contributed by atoms with Gasteiger partial charge in [0.15, 0.2) is 5.16 Å². The van der Waals surface area contributed by atoms with Crippen molar-refractivity contribution in [1.82, 2.24) is 9.55 Å². The van der Waals surface area contributed by atoms with E-state index in [1.165, 1.54) is 23.9 Å². The van der Waals surface area contributed by atoms with Gasteiger partial charge in [0.25, 0.3) is 5.56 Å². The summed E-state index contributed by atoms with van der Waals surface area (Å²) in [6.07, 6.45) is 1.70. The van der Waals surface area contributed by atoms with Gasteiger partial charge in [-0.05, 0) is 26.0 Å². The van der Waals surface area contributed by atoms with Gasteiger partial charge >= 0.3 is 0 Å². The Balaban J connectivity index is 2.27. The van der Waals surface area contributed by atoms with Crippen LogP contribution in [-0.4, -0.2) is 9.55 Å². The van der Waals surface area contributed by atoms with E-state index in [1.807, 2.05) is 18.4 Å². The van der Waals surface area contributed by atoms with E-state index in [2.05, 4.69) is 4.98 Å². The molecule has 0 saturated carbocycles. The topological polar surface area (TPSA) is 34.9 Å². The van der Waals surface area contributed by atoms with Crippen LogP contribution in [0.3, 0.4) is 0 Å². The predicted molar refractivity (Wildman–Crippen MR) is 79.9 cm³/mol. The van der Waals surface area contributed by atoms with Gasteiger partial charge in [-0.25, -0.2) is 4.39 Å².